The van der Waals surface area contributed by atoms with E-state index in [-0.39, 0.29) is 0 Å². The summed E-state index contributed by atoms with van der Waals surface area (Å²) in [4.78, 5) is 11.0. The summed E-state index contributed by atoms with van der Waals surface area (Å²) in [5.74, 6) is 5.58. The van der Waals surface area contributed by atoms with Crippen molar-refractivity contribution in [2.45, 2.75) is 38.5 Å². The first kappa shape index (κ1) is 13.7. The molecule has 0 saturated heterocycles. The smallest absolute Gasteiger partial charge is 0.384 e. The first-order valence-corrected chi connectivity index (χ1v) is 6.97. The van der Waals surface area contributed by atoms with Gasteiger partial charge in [-0.1, -0.05) is 49.5 Å². The molecule has 0 amide bonds. The molecule has 19 heavy (non-hydrogen) atoms. The fourth-order valence-electron chi connectivity index (χ4n) is 2.63. The number of hydrogen-bond acceptors (Lipinski definition) is 2. The van der Waals surface area contributed by atoms with Gasteiger partial charge in [0.2, 0.25) is 0 Å². The van der Waals surface area contributed by atoms with Crippen molar-refractivity contribution in [2.75, 3.05) is 7.11 Å². The van der Waals surface area contributed by atoms with E-state index in [1.807, 2.05) is 6.08 Å². The molecule has 0 N–H and O–H groups in total. The van der Waals surface area contributed by atoms with Gasteiger partial charge < -0.3 is 4.74 Å². The van der Waals surface area contributed by atoms with E-state index in [0.717, 1.165) is 12.0 Å². The predicted octanol–water partition coefficient (Wildman–Crippen LogP) is 3.56. The Morgan fingerprint density at radius 1 is 1.26 bits per heavy atom. The molecule has 0 heterocycles. The van der Waals surface area contributed by atoms with Crippen molar-refractivity contribution < 1.29 is 9.53 Å². The number of carbonyl (C=O) groups excluding carboxylic acids is 1. The van der Waals surface area contributed by atoms with E-state index in [1.165, 1.54) is 44.8 Å². The number of carbonyl (C=O) groups is 1. The zero-order chi connectivity index (χ0) is 13.5. The monoisotopic (exact) mass is 256 g/mol. The standard InChI is InChI=1S/C17H20O2/c1-19-17(18)13-11-14-6-5-9-16(12-10-14)15-7-3-2-4-8-15/h5,9-10,12,15H,2-4,6-8H2,1H3. The highest BCUT2D eigenvalue weighted by Crippen LogP contribution is 2.31. The molecule has 0 aliphatic heterocycles. The van der Waals surface area contributed by atoms with Gasteiger partial charge in [0.1, 0.15) is 0 Å². The minimum Gasteiger partial charge on any atom is -0.459 e. The topological polar surface area (TPSA) is 26.3 Å². The van der Waals surface area contributed by atoms with Gasteiger partial charge in [-0.15, -0.1) is 0 Å². The Morgan fingerprint density at radius 3 is 2.79 bits per heavy atom. The first-order valence-electron chi connectivity index (χ1n) is 6.97. The number of ether oxygens (including phenoxy) is 1. The van der Waals surface area contributed by atoms with Crippen molar-refractivity contribution in [1.29, 1.82) is 0 Å². The molecule has 2 rings (SSSR count). The molecule has 0 atom stereocenters. The number of hydrogen-bond donors (Lipinski definition) is 0. The molecular formula is C17H20O2. The predicted molar refractivity (Wildman–Crippen MR) is 76.3 cm³/mol. The van der Waals surface area contributed by atoms with Gasteiger partial charge in [0.05, 0.1) is 7.11 Å². The molecule has 0 bridgehead atoms. The third-order valence-corrected chi connectivity index (χ3v) is 3.71. The number of esters is 1. The summed E-state index contributed by atoms with van der Waals surface area (Å²) < 4.78 is 4.52. The van der Waals surface area contributed by atoms with Crippen LogP contribution in [0.3, 0.4) is 0 Å². The second-order valence-electron chi connectivity index (χ2n) is 5.04. The van der Waals surface area contributed by atoms with Gasteiger partial charge in [-0.2, -0.15) is 0 Å². The minimum absolute atomic E-state index is 0.481. The first-order chi connectivity index (χ1) is 9.29. The summed E-state index contributed by atoms with van der Waals surface area (Å²) in [6.45, 7) is 0. The van der Waals surface area contributed by atoms with Crippen LogP contribution in [-0.2, 0) is 9.53 Å². The van der Waals surface area contributed by atoms with Crippen molar-refractivity contribution >= 4 is 5.97 Å². The Kier molecular flexibility index (Phi) is 5.03. The second kappa shape index (κ2) is 6.99. The molecule has 2 nitrogen and oxygen atoms in total. The summed E-state index contributed by atoms with van der Waals surface area (Å²) in [5.41, 5.74) is 2.38. The molecule has 0 aromatic rings. The Balaban J connectivity index is 2.07. The normalized spacial score (nSPS) is 19.6. The second-order valence-corrected chi connectivity index (χ2v) is 5.04. The third kappa shape index (κ3) is 4.13. The van der Waals surface area contributed by atoms with Gasteiger partial charge >= 0.3 is 5.97 Å². The van der Waals surface area contributed by atoms with Gasteiger partial charge in [0, 0.05) is 11.5 Å². The molecule has 2 aliphatic carbocycles. The van der Waals surface area contributed by atoms with Gasteiger partial charge in [-0.05, 0) is 30.8 Å². The van der Waals surface area contributed by atoms with Crippen molar-refractivity contribution in [1.82, 2.24) is 0 Å². The molecular weight excluding hydrogens is 236 g/mol. The molecule has 0 radical (unpaired) electrons. The molecule has 2 heteroatoms. The molecule has 0 spiro atoms. The summed E-state index contributed by atoms with van der Waals surface area (Å²) in [7, 11) is 1.35. The van der Waals surface area contributed by atoms with Crippen LogP contribution in [0.25, 0.3) is 0 Å². The highest BCUT2D eigenvalue weighted by Gasteiger charge is 2.16. The maximum atomic E-state index is 11.0. The summed E-state index contributed by atoms with van der Waals surface area (Å²) in [5, 5.41) is 0. The summed E-state index contributed by atoms with van der Waals surface area (Å²) >= 11 is 0. The molecule has 2 aliphatic rings. The number of methoxy groups -OCH3 is 1. The fourth-order valence-corrected chi connectivity index (χ4v) is 2.63. The molecule has 1 saturated carbocycles. The fraction of sp³-hybridized carbons (Fsp3) is 0.471. The SMILES string of the molecule is COC(=O)C#CC1=CC=C(C2CCCCC2)C=CC1. The van der Waals surface area contributed by atoms with E-state index >= 15 is 0 Å². The number of rotatable bonds is 1. The van der Waals surface area contributed by atoms with Gasteiger partial charge in [0.25, 0.3) is 0 Å². The third-order valence-electron chi connectivity index (χ3n) is 3.71. The van der Waals surface area contributed by atoms with Crippen LogP contribution >= 0.6 is 0 Å². The molecule has 0 aromatic heterocycles. The minimum atomic E-state index is -0.481. The Hall–Kier alpha value is -1.75. The van der Waals surface area contributed by atoms with E-state index in [4.69, 9.17) is 0 Å². The highest BCUT2D eigenvalue weighted by molar-refractivity contribution is 5.89. The van der Waals surface area contributed by atoms with Gasteiger partial charge in [-0.25, -0.2) is 4.79 Å². The Labute approximate surface area is 115 Å². The van der Waals surface area contributed by atoms with Crippen LogP contribution in [0.1, 0.15) is 38.5 Å². The van der Waals surface area contributed by atoms with Crippen LogP contribution in [-0.4, -0.2) is 13.1 Å². The maximum Gasteiger partial charge on any atom is 0.384 e. The lowest BCUT2D eigenvalue weighted by Crippen LogP contribution is -2.07. The average Bonchev–Trinajstić information content (AvgIpc) is 2.71. The summed E-state index contributed by atoms with van der Waals surface area (Å²) in [6, 6.07) is 0. The lowest BCUT2D eigenvalue weighted by atomic mass is 9.83. The lowest BCUT2D eigenvalue weighted by molar-refractivity contribution is -0.133. The van der Waals surface area contributed by atoms with Crippen LogP contribution < -0.4 is 0 Å². The molecule has 0 unspecified atom stereocenters. The largest absolute Gasteiger partial charge is 0.459 e. The Bertz CT molecular complexity index is 477. The highest BCUT2D eigenvalue weighted by atomic mass is 16.5. The van der Waals surface area contributed by atoms with Crippen LogP contribution in [0.4, 0.5) is 0 Å². The quantitative estimate of drug-likeness (QED) is 0.407. The van der Waals surface area contributed by atoms with E-state index in [2.05, 4.69) is 34.8 Å². The van der Waals surface area contributed by atoms with Crippen LogP contribution in [0.2, 0.25) is 0 Å². The lowest BCUT2D eigenvalue weighted by Gasteiger charge is -2.22. The van der Waals surface area contributed by atoms with Crippen molar-refractivity contribution in [3.63, 3.8) is 0 Å². The van der Waals surface area contributed by atoms with Gasteiger partial charge in [0.15, 0.2) is 0 Å². The zero-order valence-corrected chi connectivity index (χ0v) is 11.4. The van der Waals surface area contributed by atoms with Crippen LogP contribution in [0.5, 0.6) is 0 Å². The van der Waals surface area contributed by atoms with Gasteiger partial charge in [-0.3, -0.25) is 0 Å². The van der Waals surface area contributed by atoms with E-state index < -0.39 is 5.97 Å². The van der Waals surface area contributed by atoms with E-state index in [1.54, 1.807) is 0 Å². The van der Waals surface area contributed by atoms with Crippen molar-refractivity contribution in [3.8, 4) is 11.8 Å². The Morgan fingerprint density at radius 2 is 2.05 bits per heavy atom. The van der Waals surface area contributed by atoms with E-state index in [0.29, 0.717) is 5.92 Å². The van der Waals surface area contributed by atoms with E-state index in [9.17, 15) is 4.79 Å². The maximum absolute atomic E-state index is 11.0. The van der Waals surface area contributed by atoms with Crippen molar-refractivity contribution in [3.05, 3.63) is 35.5 Å². The average molecular weight is 256 g/mol. The molecule has 0 aromatic carbocycles. The molecule has 1 fully saturated rings. The van der Waals surface area contributed by atoms with Crippen LogP contribution in [0.15, 0.2) is 35.5 Å². The summed E-state index contributed by atoms with van der Waals surface area (Å²) in [6.07, 6.45) is 16.0. The van der Waals surface area contributed by atoms with Crippen molar-refractivity contribution in [2.24, 2.45) is 5.92 Å². The molecule has 100 valence electrons. The van der Waals surface area contributed by atoms with Crippen LogP contribution in [0, 0.1) is 17.8 Å². The number of allylic oxidation sites excluding steroid dienone is 6. The zero-order valence-electron chi connectivity index (χ0n) is 11.4.